The number of carbonyl (C=O) groups excluding carboxylic acids is 2. The fraction of sp³-hybridized carbons (Fsp3) is 0.467. The Kier molecular flexibility index (Phi) is 5.20. The third-order valence-corrected chi connectivity index (χ3v) is 3.83. The maximum absolute atomic E-state index is 12.4. The highest BCUT2D eigenvalue weighted by molar-refractivity contribution is 6.34. The van der Waals surface area contributed by atoms with Crippen molar-refractivity contribution >= 4 is 29.1 Å². The summed E-state index contributed by atoms with van der Waals surface area (Å²) in [5.74, 6) is -0.246. The van der Waals surface area contributed by atoms with Crippen molar-refractivity contribution in [3.05, 3.63) is 29.3 Å². The molecule has 1 aromatic carbocycles. The summed E-state index contributed by atoms with van der Waals surface area (Å²) in [6, 6.07) is 6.72. The van der Waals surface area contributed by atoms with E-state index in [0.29, 0.717) is 36.5 Å². The summed E-state index contributed by atoms with van der Waals surface area (Å²) in [6.07, 6.45) is 1.54. The monoisotopic (exact) mass is 309 g/mol. The lowest BCUT2D eigenvalue weighted by molar-refractivity contribution is -0.126. The lowest BCUT2D eigenvalue weighted by Crippen LogP contribution is -2.41. The van der Waals surface area contributed by atoms with Gasteiger partial charge in [0.2, 0.25) is 11.8 Å². The molecule has 2 unspecified atom stereocenters. The summed E-state index contributed by atoms with van der Waals surface area (Å²) in [5.41, 5.74) is 6.31. The van der Waals surface area contributed by atoms with E-state index in [1.165, 1.54) is 0 Å². The molecule has 2 amide bonds. The van der Waals surface area contributed by atoms with Crippen molar-refractivity contribution in [2.75, 3.05) is 11.4 Å². The van der Waals surface area contributed by atoms with Crippen LogP contribution in [0.4, 0.5) is 5.69 Å². The lowest BCUT2D eigenvalue weighted by atomic mass is 10.1. The van der Waals surface area contributed by atoms with Gasteiger partial charge >= 0.3 is 0 Å². The van der Waals surface area contributed by atoms with E-state index in [2.05, 4.69) is 5.32 Å². The molecule has 1 aliphatic heterocycles. The summed E-state index contributed by atoms with van der Waals surface area (Å²) in [6.45, 7) is 2.41. The summed E-state index contributed by atoms with van der Waals surface area (Å²) in [7, 11) is 0. The molecule has 21 heavy (non-hydrogen) atoms. The molecular formula is C15H20ClN3O2. The number of carbonyl (C=O) groups is 2. The summed E-state index contributed by atoms with van der Waals surface area (Å²) in [4.78, 5) is 25.8. The third kappa shape index (κ3) is 3.95. The van der Waals surface area contributed by atoms with Crippen LogP contribution < -0.4 is 16.0 Å². The van der Waals surface area contributed by atoms with Crippen LogP contribution in [0, 0.1) is 0 Å². The number of halogens is 1. The van der Waals surface area contributed by atoms with Gasteiger partial charge in [-0.3, -0.25) is 9.59 Å². The van der Waals surface area contributed by atoms with Crippen molar-refractivity contribution in [3.63, 3.8) is 0 Å². The fourth-order valence-electron chi connectivity index (χ4n) is 2.35. The number of hydrogen-bond acceptors (Lipinski definition) is 3. The molecule has 0 bridgehead atoms. The zero-order valence-electron chi connectivity index (χ0n) is 12.0. The standard InChI is InChI=1S/C15H20ClN3O2/c1-10(17)6-7-14(20)18-12-8-9-19(15(12)21)13-5-3-2-4-11(13)16/h2-5,10,12H,6-9,17H2,1H3,(H,18,20). The highest BCUT2D eigenvalue weighted by Crippen LogP contribution is 2.28. The average molecular weight is 310 g/mol. The molecule has 5 nitrogen and oxygen atoms in total. The Balaban J connectivity index is 1.96. The molecule has 0 aliphatic carbocycles. The number of para-hydroxylation sites is 1. The van der Waals surface area contributed by atoms with Crippen molar-refractivity contribution in [2.24, 2.45) is 5.73 Å². The first-order valence-corrected chi connectivity index (χ1v) is 7.47. The van der Waals surface area contributed by atoms with Gasteiger partial charge in [-0.25, -0.2) is 0 Å². The summed E-state index contributed by atoms with van der Waals surface area (Å²) in [5, 5.41) is 3.31. The van der Waals surface area contributed by atoms with Crippen LogP contribution in [0.3, 0.4) is 0 Å². The van der Waals surface area contributed by atoms with Crippen molar-refractivity contribution in [1.29, 1.82) is 0 Å². The molecule has 6 heteroatoms. The predicted octanol–water partition coefficient (Wildman–Crippen LogP) is 1.69. The van der Waals surface area contributed by atoms with Crippen LogP contribution in [-0.4, -0.2) is 30.4 Å². The molecule has 0 saturated carbocycles. The minimum absolute atomic E-state index is 0.0188. The topological polar surface area (TPSA) is 75.4 Å². The molecule has 1 aliphatic rings. The zero-order chi connectivity index (χ0) is 15.4. The second-order valence-corrected chi connectivity index (χ2v) is 5.77. The largest absolute Gasteiger partial charge is 0.344 e. The predicted molar refractivity (Wildman–Crippen MR) is 83.2 cm³/mol. The first kappa shape index (κ1) is 15.8. The summed E-state index contributed by atoms with van der Waals surface area (Å²) < 4.78 is 0. The number of hydrogen-bond donors (Lipinski definition) is 2. The van der Waals surface area contributed by atoms with E-state index < -0.39 is 6.04 Å². The molecule has 0 radical (unpaired) electrons. The van der Waals surface area contributed by atoms with Gasteiger partial charge in [0.1, 0.15) is 6.04 Å². The Bertz CT molecular complexity index is 533. The molecule has 1 heterocycles. The molecule has 1 saturated heterocycles. The van der Waals surface area contributed by atoms with Crippen LogP contribution in [0.2, 0.25) is 5.02 Å². The second kappa shape index (κ2) is 6.91. The van der Waals surface area contributed by atoms with Crippen molar-refractivity contribution in [3.8, 4) is 0 Å². The maximum Gasteiger partial charge on any atom is 0.249 e. The van der Waals surface area contributed by atoms with E-state index in [-0.39, 0.29) is 17.9 Å². The number of nitrogens with zero attached hydrogens (tertiary/aromatic N) is 1. The number of nitrogens with one attached hydrogen (secondary N) is 1. The van der Waals surface area contributed by atoms with Crippen LogP contribution in [0.5, 0.6) is 0 Å². The number of amides is 2. The average Bonchev–Trinajstić information content (AvgIpc) is 2.79. The SMILES string of the molecule is CC(N)CCC(=O)NC1CCN(c2ccccc2Cl)C1=O. The summed E-state index contributed by atoms with van der Waals surface area (Å²) >= 11 is 6.11. The van der Waals surface area contributed by atoms with Gasteiger partial charge in [-0.2, -0.15) is 0 Å². The first-order valence-electron chi connectivity index (χ1n) is 7.10. The van der Waals surface area contributed by atoms with Crippen molar-refractivity contribution < 1.29 is 9.59 Å². The molecule has 3 N–H and O–H groups in total. The molecule has 114 valence electrons. The second-order valence-electron chi connectivity index (χ2n) is 5.37. The van der Waals surface area contributed by atoms with Gasteiger partial charge in [0.15, 0.2) is 0 Å². The van der Waals surface area contributed by atoms with Gasteiger partial charge in [-0.15, -0.1) is 0 Å². The van der Waals surface area contributed by atoms with Crippen LogP contribution in [-0.2, 0) is 9.59 Å². The van der Waals surface area contributed by atoms with Gasteiger partial charge in [0.05, 0.1) is 10.7 Å². The zero-order valence-corrected chi connectivity index (χ0v) is 12.8. The fourth-order valence-corrected chi connectivity index (χ4v) is 2.59. The van der Waals surface area contributed by atoms with Crippen molar-refractivity contribution in [1.82, 2.24) is 5.32 Å². The first-order chi connectivity index (χ1) is 9.99. The molecule has 2 rings (SSSR count). The number of benzene rings is 1. The van der Waals surface area contributed by atoms with Crippen molar-refractivity contribution in [2.45, 2.75) is 38.3 Å². The smallest absolute Gasteiger partial charge is 0.249 e. The van der Waals surface area contributed by atoms with E-state index in [1.54, 1.807) is 17.0 Å². The van der Waals surface area contributed by atoms with Gasteiger partial charge in [-0.05, 0) is 31.9 Å². The number of rotatable bonds is 5. The van der Waals surface area contributed by atoms with E-state index in [4.69, 9.17) is 17.3 Å². The number of nitrogens with two attached hydrogens (primary N) is 1. The van der Waals surface area contributed by atoms with Crippen LogP contribution in [0.1, 0.15) is 26.2 Å². The van der Waals surface area contributed by atoms with E-state index in [9.17, 15) is 9.59 Å². The minimum Gasteiger partial charge on any atom is -0.344 e. The van der Waals surface area contributed by atoms with Crippen LogP contribution in [0.25, 0.3) is 0 Å². The molecule has 2 atom stereocenters. The van der Waals surface area contributed by atoms with E-state index in [0.717, 1.165) is 0 Å². The van der Waals surface area contributed by atoms with Crippen LogP contribution >= 0.6 is 11.6 Å². The Labute approximate surface area is 129 Å². The van der Waals surface area contributed by atoms with Gasteiger partial charge in [-0.1, -0.05) is 23.7 Å². The minimum atomic E-state index is -0.471. The molecule has 1 aromatic rings. The normalized spacial score (nSPS) is 19.7. The van der Waals surface area contributed by atoms with Gasteiger partial charge in [0, 0.05) is 19.0 Å². The molecule has 0 aromatic heterocycles. The van der Waals surface area contributed by atoms with E-state index in [1.807, 2.05) is 19.1 Å². The lowest BCUT2D eigenvalue weighted by Gasteiger charge is -2.18. The Morgan fingerprint density at radius 1 is 1.52 bits per heavy atom. The maximum atomic E-state index is 12.4. The highest BCUT2D eigenvalue weighted by atomic mass is 35.5. The quantitative estimate of drug-likeness (QED) is 0.869. The Hall–Kier alpha value is -1.59. The Morgan fingerprint density at radius 3 is 2.90 bits per heavy atom. The molecular weight excluding hydrogens is 290 g/mol. The Morgan fingerprint density at radius 2 is 2.24 bits per heavy atom. The van der Waals surface area contributed by atoms with E-state index >= 15 is 0 Å². The third-order valence-electron chi connectivity index (χ3n) is 3.51. The molecule has 1 fully saturated rings. The van der Waals surface area contributed by atoms with Gasteiger partial charge < -0.3 is 16.0 Å². The number of anilines is 1. The highest BCUT2D eigenvalue weighted by Gasteiger charge is 2.34. The molecule has 0 spiro atoms. The van der Waals surface area contributed by atoms with Crippen LogP contribution in [0.15, 0.2) is 24.3 Å². The van der Waals surface area contributed by atoms with Gasteiger partial charge in [0.25, 0.3) is 0 Å².